The highest BCUT2D eigenvalue weighted by molar-refractivity contribution is 7.71. The van der Waals surface area contributed by atoms with Gasteiger partial charge < -0.3 is 9.30 Å². The van der Waals surface area contributed by atoms with Crippen molar-refractivity contribution in [1.29, 1.82) is 0 Å². The molecule has 2 aromatic heterocycles. The van der Waals surface area contributed by atoms with Gasteiger partial charge in [-0.25, -0.2) is 0 Å². The molecule has 0 atom stereocenters. The summed E-state index contributed by atoms with van der Waals surface area (Å²) in [6, 6.07) is 3.88. The van der Waals surface area contributed by atoms with Gasteiger partial charge in [-0.3, -0.25) is 10.1 Å². The number of hydrogen-bond donors (Lipinski definition) is 1. The first-order valence-corrected chi connectivity index (χ1v) is 7.26. The molecule has 0 radical (unpaired) electrons. The molecule has 0 saturated heterocycles. The number of aromatic amines is 1. The van der Waals surface area contributed by atoms with E-state index in [0.29, 0.717) is 4.77 Å². The molecule has 6 heteroatoms. The Hall–Kier alpha value is -1.53. The number of unbranched alkanes of at least 4 members (excludes halogenated alkanes) is 1. The van der Waals surface area contributed by atoms with Crippen molar-refractivity contribution in [2.24, 2.45) is 0 Å². The number of H-pyrrole nitrogens is 1. The van der Waals surface area contributed by atoms with Crippen LogP contribution in [0, 0.1) is 4.77 Å². The number of hydrogen-bond acceptors (Lipinski definition) is 4. The minimum absolute atomic E-state index is 0.289. The van der Waals surface area contributed by atoms with Crippen molar-refractivity contribution in [1.82, 2.24) is 19.7 Å². The highest BCUT2D eigenvalue weighted by Crippen LogP contribution is 2.16. The van der Waals surface area contributed by atoms with Gasteiger partial charge in [0.25, 0.3) is 0 Å². The van der Waals surface area contributed by atoms with Crippen LogP contribution in [0.2, 0.25) is 0 Å². The lowest BCUT2D eigenvalue weighted by Crippen LogP contribution is -2.06. The van der Waals surface area contributed by atoms with Gasteiger partial charge in [0.15, 0.2) is 10.6 Å². The van der Waals surface area contributed by atoms with E-state index in [1.807, 2.05) is 30.5 Å². The second-order valence-electron chi connectivity index (χ2n) is 4.87. The molecule has 2 rings (SSSR count). The van der Waals surface area contributed by atoms with E-state index in [2.05, 4.69) is 15.2 Å². The zero-order chi connectivity index (χ0) is 14.4. The predicted octanol–water partition coefficient (Wildman–Crippen LogP) is 3.21. The maximum atomic E-state index is 5.54. The standard InChI is InChI=1S/C14H20N4OS/c1-11(2)19-9-4-3-8-18-13(16-17-14(18)20)12-6-5-7-15-10-12/h5-7,10-11H,3-4,8-9H2,1-2H3,(H,17,20). The molecule has 5 nitrogen and oxygen atoms in total. The van der Waals surface area contributed by atoms with Gasteiger partial charge in [-0.15, -0.1) is 0 Å². The molecule has 2 heterocycles. The summed E-state index contributed by atoms with van der Waals surface area (Å²) < 4.78 is 8.20. The lowest BCUT2D eigenvalue weighted by atomic mass is 10.2. The molecule has 0 spiro atoms. The van der Waals surface area contributed by atoms with Crippen LogP contribution in [0.3, 0.4) is 0 Å². The highest BCUT2D eigenvalue weighted by Gasteiger charge is 2.08. The number of ether oxygens (including phenoxy) is 1. The van der Waals surface area contributed by atoms with Gasteiger partial charge in [0, 0.05) is 31.1 Å². The monoisotopic (exact) mass is 292 g/mol. The van der Waals surface area contributed by atoms with Crippen molar-refractivity contribution >= 4 is 12.2 Å². The summed E-state index contributed by atoms with van der Waals surface area (Å²) in [7, 11) is 0. The Bertz CT molecular complexity index is 576. The van der Waals surface area contributed by atoms with Gasteiger partial charge >= 0.3 is 0 Å². The average molecular weight is 292 g/mol. The Morgan fingerprint density at radius 2 is 2.25 bits per heavy atom. The smallest absolute Gasteiger partial charge is 0.195 e. The SMILES string of the molecule is CC(C)OCCCCn1c(-c2cccnc2)n[nH]c1=S. The summed E-state index contributed by atoms with van der Waals surface area (Å²) in [6.45, 7) is 5.71. The third-order valence-electron chi connectivity index (χ3n) is 2.91. The Morgan fingerprint density at radius 1 is 1.40 bits per heavy atom. The van der Waals surface area contributed by atoms with E-state index in [4.69, 9.17) is 17.0 Å². The van der Waals surface area contributed by atoms with Crippen molar-refractivity contribution in [2.45, 2.75) is 39.3 Å². The first kappa shape index (κ1) is 14.9. The fraction of sp³-hybridized carbons (Fsp3) is 0.500. The maximum absolute atomic E-state index is 5.54. The molecule has 2 aromatic rings. The molecule has 0 fully saturated rings. The predicted molar refractivity (Wildman–Crippen MR) is 81.0 cm³/mol. The largest absolute Gasteiger partial charge is 0.379 e. The Balaban J connectivity index is 1.98. The van der Waals surface area contributed by atoms with Gasteiger partial charge in [-0.2, -0.15) is 5.10 Å². The van der Waals surface area contributed by atoms with Crippen molar-refractivity contribution in [3.8, 4) is 11.4 Å². The van der Waals surface area contributed by atoms with Crippen LogP contribution in [0.25, 0.3) is 11.4 Å². The maximum Gasteiger partial charge on any atom is 0.195 e. The number of aromatic nitrogens is 4. The zero-order valence-corrected chi connectivity index (χ0v) is 12.7. The summed E-state index contributed by atoms with van der Waals surface area (Å²) in [5.41, 5.74) is 0.971. The van der Waals surface area contributed by atoms with Gasteiger partial charge in [-0.1, -0.05) is 0 Å². The minimum Gasteiger partial charge on any atom is -0.379 e. The number of nitrogens with zero attached hydrogens (tertiary/aromatic N) is 3. The van der Waals surface area contributed by atoms with E-state index in [0.717, 1.165) is 37.4 Å². The molecule has 0 bridgehead atoms. The van der Waals surface area contributed by atoms with Crippen LogP contribution in [0.5, 0.6) is 0 Å². The van der Waals surface area contributed by atoms with Crippen molar-refractivity contribution < 1.29 is 4.74 Å². The van der Waals surface area contributed by atoms with E-state index in [9.17, 15) is 0 Å². The van der Waals surface area contributed by atoms with Crippen LogP contribution >= 0.6 is 12.2 Å². The third kappa shape index (κ3) is 3.98. The number of nitrogens with one attached hydrogen (secondary N) is 1. The second-order valence-corrected chi connectivity index (χ2v) is 5.26. The Morgan fingerprint density at radius 3 is 2.95 bits per heavy atom. The number of rotatable bonds is 7. The number of pyridine rings is 1. The van der Waals surface area contributed by atoms with E-state index >= 15 is 0 Å². The minimum atomic E-state index is 0.289. The van der Waals surface area contributed by atoms with E-state index < -0.39 is 0 Å². The third-order valence-corrected chi connectivity index (χ3v) is 3.22. The van der Waals surface area contributed by atoms with Crippen molar-refractivity contribution in [3.63, 3.8) is 0 Å². The van der Waals surface area contributed by atoms with Gasteiger partial charge in [0.2, 0.25) is 0 Å². The average Bonchev–Trinajstić information content (AvgIpc) is 2.80. The molecule has 108 valence electrons. The fourth-order valence-corrected chi connectivity index (χ4v) is 2.15. The lowest BCUT2D eigenvalue weighted by molar-refractivity contribution is 0.0754. The molecule has 0 saturated carbocycles. The van der Waals surface area contributed by atoms with Crippen LogP contribution in [0.4, 0.5) is 0 Å². The molecule has 0 unspecified atom stereocenters. The van der Waals surface area contributed by atoms with Crippen molar-refractivity contribution in [2.75, 3.05) is 6.61 Å². The first-order chi connectivity index (χ1) is 9.68. The molecule has 0 aliphatic rings. The summed E-state index contributed by atoms with van der Waals surface area (Å²) in [5, 5.41) is 7.14. The summed E-state index contributed by atoms with van der Waals surface area (Å²) >= 11 is 5.29. The zero-order valence-electron chi connectivity index (χ0n) is 11.9. The van der Waals surface area contributed by atoms with Crippen LogP contribution in [-0.4, -0.2) is 32.5 Å². The van der Waals surface area contributed by atoms with E-state index in [1.165, 1.54) is 0 Å². The fourth-order valence-electron chi connectivity index (χ4n) is 1.93. The van der Waals surface area contributed by atoms with Crippen LogP contribution in [-0.2, 0) is 11.3 Å². The summed E-state index contributed by atoms with van der Waals surface area (Å²) in [5.74, 6) is 0.841. The highest BCUT2D eigenvalue weighted by atomic mass is 32.1. The summed E-state index contributed by atoms with van der Waals surface area (Å²) in [6.07, 6.45) is 5.85. The van der Waals surface area contributed by atoms with Gasteiger partial charge in [-0.05, 0) is 51.0 Å². The van der Waals surface area contributed by atoms with Crippen molar-refractivity contribution in [3.05, 3.63) is 29.3 Å². The molecule has 0 aliphatic carbocycles. The molecule has 0 aliphatic heterocycles. The van der Waals surface area contributed by atoms with E-state index in [-0.39, 0.29) is 6.10 Å². The Labute approximate surface area is 124 Å². The van der Waals surface area contributed by atoms with Crippen LogP contribution in [0.15, 0.2) is 24.5 Å². The first-order valence-electron chi connectivity index (χ1n) is 6.85. The molecule has 0 amide bonds. The van der Waals surface area contributed by atoms with Gasteiger partial charge in [0.05, 0.1) is 6.10 Å². The van der Waals surface area contributed by atoms with E-state index in [1.54, 1.807) is 12.4 Å². The van der Waals surface area contributed by atoms with Crippen LogP contribution < -0.4 is 0 Å². The molecule has 20 heavy (non-hydrogen) atoms. The molecular formula is C14H20N4OS. The normalized spacial score (nSPS) is 11.2. The summed E-state index contributed by atoms with van der Waals surface area (Å²) in [4.78, 5) is 4.12. The second kappa shape index (κ2) is 7.31. The lowest BCUT2D eigenvalue weighted by Gasteiger charge is -2.08. The molecular weight excluding hydrogens is 272 g/mol. The molecule has 0 aromatic carbocycles. The topological polar surface area (TPSA) is 55.7 Å². The van der Waals surface area contributed by atoms with Gasteiger partial charge in [0.1, 0.15) is 0 Å². The molecule has 1 N–H and O–H groups in total. The quantitative estimate of drug-likeness (QED) is 0.629. The Kier molecular flexibility index (Phi) is 5.43. The van der Waals surface area contributed by atoms with Crippen LogP contribution in [0.1, 0.15) is 26.7 Å².